The third-order valence-electron chi connectivity index (χ3n) is 6.27. The molecule has 0 spiro atoms. The second kappa shape index (κ2) is 19.8. The zero-order chi connectivity index (χ0) is 27.6. The van der Waals surface area contributed by atoms with Gasteiger partial charge in [-0.25, -0.2) is 0 Å². The molecule has 1 saturated heterocycles. The van der Waals surface area contributed by atoms with Gasteiger partial charge in [-0.2, -0.15) is 0 Å². The Morgan fingerprint density at radius 1 is 0.789 bits per heavy atom. The van der Waals surface area contributed by atoms with Gasteiger partial charge in [0.15, 0.2) is 6.29 Å². The summed E-state index contributed by atoms with van der Waals surface area (Å²) < 4.78 is 31.2. The quantitative estimate of drug-likeness (QED) is 0.210. The summed E-state index contributed by atoms with van der Waals surface area (Å²) in [6, 6.07) is 17.1. The Hall–Kier alpha value is -1.20. The van der Waals surface area contributed by atoms with Crippen LogP contribution >= 0.6 is 0 Å². The van der Waals surface area contributed by atoms with Crippen molar-refractivity contribution in [3.05, 3.63) is 65.7 Å². The molecule has 1 fully saturated rings. The molecule has 1 aliphatic heterocycles. The minimum Gasteiger partial charge on any atom is -0.497 e. The van der Waals surface area contributed by atoms with Crippen LogP contribution in [0.25, 0.3) is 0 Å². The molecule has 0 aliphatic carbocycles. The molecule has 38 heavy (non-hydrogen) atoms. The van der Waals surface area contributed by atoms with Crippen molar-refractivity contribution in [2.24, 2.45) is 0 Å². The monoisotopic (exact) mass is 638 g/mol. The molecular formula is C30H46O7Sn. The van der Waals surface area contributed by atoms with Crippen molar-refractivity contribution >= 4 is 21.1 Å². The number of benzene rings is 2. The largest absolute Gasteiger partial charge is 0.497 e. The Kier molecular flexibility index (Phi) is 17.2. The minimum absolute atomic E-state index is 0.149. The van der Waals surface area contributed by atoms with E-state index in [4.69, 9.17) is 23.7 Å². The van der Waals surface area contributed by atoms with Gasteiger partial charge in [-0.3, -0.25) is 0 Å². The summed E-state index contributed by atoms with van der Waals surface area (Å²) in [5.74, 6) is 0.759. The maximum Gasteiger partial charge on any atom is 0.184 e. The number of ether oxygens (including phenoxy) is 5. The zero-order valence-corrected chi connectivity index (χ0v) is 26.2. The Morgan fingerprint density at radius 2 is 1.37 bits per heavy atom. The molecule has 2 radical (unpaired) electrons. The first kappa shape index (κ1) is 33.0. The van der Waals surface area contributed by atoms with E-state index in [0.29, 0.717) is 0 Å². The standard InChI is InChI=1S/C22H28O7.2C4H9.Sn/c1-25-14-18-20(27-13-16-8-10-17(26-2)11-9-16)21(19(23)22(24)29-18)28-12-15-6-4-3-5-7-15;2*1-3-4-2;/h3-11,18-24H,12-14H2,1-2H3;2*1,3-4H2,2H3;/t18-,19+,20-,21-,22-;;;/m1.../s1. The number of hydrogen-bond donors (Lipinski definition) is 2. The van der Waals surface area contributed by atoms with Crippen LogP contribution < -0.4 is 4.74 Å². The van der Waals surface area contributed by atoms with Crippen molar-refractivity contribution < 1.29 is 33.9 Å². The van der Waals surface area contributed by atoms with Crippen LogP contribution in [0, 0.1) is 0 Å². The molecule has 1 heterocycles. The number of aliphatic hydroxyl groups excluding tert-OH is 2. The normalized spacial score (nSPS) is 22.9. The molecule has 0 bridgehead atoms. The Labute approximate surface area is 239 Å². The molecule has 7 nitrogen and oxygen atoms in total. The zero-order valence-electron chi connectivity index (χ0n) is 23.4. The van der Waals surface area contributed by atoms with E-state index in [-0.39, 0.29) is 41.0 Å². The number of rotatable bonds is 15. The third kappa shape index (κ3) is 11.9. The Bertz CT molecular complexity index is 830. The fourth-order valence-corrected chi connectivity index (χ4v) is 8.17. The maximum absolute atomic E-state index is 10.5. The van der Waals surface area contributed by atoms with Crippen molar-refractivity contribution in [1.82, 2.24) is 0 Å². The van der Waals surface area contributed by atoms with Crippen LogP contribution in [-0.4, -0.2) is 82.9 Å². The van der Waals surface area contributed by atoms with Gasteiger partial charge in [-0.1, -0.05) is 42.5 Å². The summed E-state index contributed by atoms with van der Waals surface area (Å²) >= 11 is 0.149. The van der Waals surface area contributed by atoms with Crippen molar-refractivity contribution in [3.8, 4) is 5.75 Å². The van der Waals surface area contributed by atoms with E-state index in [1.165, 1.54) is 25.7 Å². The molecule has 2 N–H and O–H groups in total. The number of hydrogen-bond acceptors (Lipinski definition) is 7. The van der Waals surface area contributed by atoms with Crippen LogP contribution in [0.15, 0.2) is 54.6 Å². The van der Waals surface area contributed by atoms with Gasteiger partial charge < -0.3 is 33.9 Å². The summed E-state index contributed by atoms with van der Waals surface area (Å²) in [6.07, 6.45) is 1.23. The van der Waals surface area contributed by atoms with Gasteiger partial charge in [-0.15, -0.1) is 0 Å². The van der Waals surface area contributed by atoms with E-state index in [0.717, 1.165) is 16.9 Å². The van der Waals surface area contributed by atoms with Gasteiger partial charge in [0.1, 0.15) is 30.2 Å². The molecule has 0 unspecified atom stereocenters. The average Bonchev–Trinajstić information content (AvgIpc) is 2.95. The molecule has 0 aromatic heterocycles. The first-order valence-corrected chi connectivity index (χ1v) is 17.7. The van der Waals surface area contributed by atoms with Crippen LogP contribution in [0.2, 0.25) is 8.87 Å². The topological polar surface area (TPSA) is 86.6 Å². The van der Waals surface area contributed by atoms with Crippen LogP contribution in [0.5, 0.6) is 5.75 Å². The van der Waals surface area contributed by atoms with Crippen LogP contribution in [0.4, 0.5) is 0 Å². The molecule has 5 atom stereocenters. The summed E-state index contributed by atoms with van der Waals surface area (Å²) in [5, 5.41) is 20.6. The first-order valence-electron chi connectivity index (χ1n) is 13.6. The fourth-order valence-electron chi connectivity index (χ4n) is 4.01. The molecule has 2 aromatic carbocycles. The molecule has 0 amide bonds. The summed E-state index contributed by atoms with van der Waals surface area (Å²) in [4.78, 5) is 0. The van der Waals surface area contributed by atoms with Gasteiger partial charge in [0.05, 0.1) is 26.9 Å². The van der Waals surface area contributed by atoms with E-state index in [2.05, 4.69) is 13.8 Å². The summed E-state index contributed by atoms with van der Waals surface area (Å²) in [6.45, 7) is 5.34. The molecule has 8 heteroatoms. The second-order valence-corrected chi connectivity index (χ2v) is 13.6. The van der Waals surface area contributed by atoms with Crippen LogP contribution in [-0.2, 0) is 32.2 Å². The molecular weight excluding hydrogens is 591 g/mol. The SMILES string of the molecule is CCC[CH2][Sn][CH2]CCC.COC[C@H]1O[C@@H](O)[C@@H](O)[C@@H](OCc2ccccc2)[C@@H]1OCc1ccc(OC)cc1. The molecule has 2 aromatic rings. The van der Waals surface area contributed by atoms with E-state index in [1.807, 2.05) is 54.6 Å². The van der Waals surface area contributed by atoms with E-state index < -0.39 is 30.7 Å². The summed E-state index contributed by atoms with van der Waals surface area (Å²) in [5.41, 5.74) is 1.89. The van der Waals surface area contributed by atoms with Crippen LogP contribution in [0.3, 0.4) is 0 Å². The predicted molar refractivity (Wildman–Crippen MR) is 151 cm³/mol. The number of methoxy groups -OCH3 is 2. The molecule has 3 rings (SSSR count). The van der Waals surface area contributed by atoms with E-state index in [9.17, 15) is 10.2 Å². The minimum atomic E-state index is -1.38. The van der Waals surface area contributed by atoms with Gasteiger partial charge in [0.25, 0.3) is 0 Å². The predicted octanol–water partition coefficient (Wildman–Crippen LogP) is 5.02. The molecule has 0 saturated carbocycles. The van der Waals surface area contributed by atoms with Crippen molar-refractivity contribution in [3.63, 3.8) is 0 Å². The molecule has 212 valence electrons. The Balaban J connectivity index is 0.000000484. The van der Waals surface area contributed by atoms with Crippen molar-refractivity contribution in [1.29, 1.82) is 0 Å². The number of aliphatic hydroxyl groups is 2. The van der Waals surface area contributed by atoms with Crippen molar-refractivity contribution in [2.75, 3.05) is 20.8 Å². The molecule has 1 aliphatic rings. The maximum atomic E-state index is 10.5. The summed E-state index contributed by atoms with van der Waals surface area (Å²) in [7, 11) is 3.16. The average molecular weight is 637 g/mol. The van der Waals surface area contributed by atoms with E-state index in [1.54, 1.807) is 23.1 Å². The van der Waals surface area contributed by atoms with Gasteiger partial charge in [0.2, 0.25) is 0 Å². The second-order valence-electron chi connectivity index (χ2n) is 9.35. The van der Waals surface area contributed by atoms with E-state index >= 15 is 0 Å². The first-order chi connectivity index (χ1) is 18.5. The number of unbranched alkanes of at least 4 members (excludes halogenated alkanes) is 2. The van der Waals surface area contributed by atoms with Gasteiger partial charge in [0, 0.05) is 7.11 Å². The van der Waals surface area contributed by atoms with Crippen molar-refractivity contribution in [2.45, 2.75) is 92.3 Å². The van der Waals surface area contributed by atoms with Gasteiger partial charge in [-0.05, 0) is 23.3 Å². The third-order valence-corrected chi connectivity index (χ3v) is 10.3. The smallest absolute Gasteiger partial charge is 0.184 e. The Morgan fingerprint density at radius 3 is 1.92 bits per heavy atom. The van der Waals surface area contributed by atoms with Crippen LogP contribution in [0.1, 0.15) is 50.7 Å². The fraction of sp³-hybridized carbons (Fsp3) is 0.600. The van der Waals surface area contributed by atoms with Gasteiger partial charge >= 0.3 is 69.5 Å².